The molecule has 1 rings (SSSR count). The van der Waals surface area contributed by atoms with Gasteiger partial charge < -0.3 is 15.8 Å². The third kappa shape index (κ3) is 6.86. The molecule has 0 bridgehead atoms. The Bertz CT molecular complexity index is 429. The Morgan fingerprint density at radius 2 is 1.90 bits per heavy atom. The van der Waals surface area contributed by atoms with Gasteiger partial charge in [0.15, 0.2) is 5.96 Å². The predicted molar refractivity (Wildman–Crippen MR) is 73.0 cm³/mol. The van der Waals surface area contributed by atoms with E-state index in [4.69, 9.17) is 10.5 Å². The molecule has 0 aliphatic carbocycles. The second-order valence-electron chi connectivity index (χ2n) is 4.19. The Hall–Kier alpha value is -1.92. The largest absolute Gasteiger partial charge is 0.497 e. The van der Waals surface area contributed by atoms with E-state index in [1.165, 1.54) is 0 Å². The quantitative estimate of drug-likeness (QED) is 0.480. The van der Waals surface area contributed by atoms with Crippen LogP contribution >= 0.6 is 0 Å². The van der Waals surface area contributed by atoms with Crippen molar-refractivity contribution >= 4 is 11.6 Å². The normalized spacial score (nSPS) is 12.3. The lowest BCUT2D eigenvalue weighted by Gasteiger charge is -2.07. The maximum Gasteiger partial charge on any atom is 0.389 e. The van der Waals surface area contributed by atoms with Crippen LogP contribution in [-0.4, -0.2) is 25.8 Å². The molecule has 1 aromatic rings. The fourth-order valence-corrected chi connectivity index (χ4v) is 1.50. The monoisotopic (exact) mass is 289 g/mol. The highest BCUT2D eigenvalue weighted by Gasteiger charge is 2.25. The second kappa shape index (κ2) is 7.62. The fraction of sp³-hybridized carbons (Fsp3) is 0.462. The number of benzene rings is 1. The van der Waals surface area contributed by atoms with E-state index in [0.29, 0.717) is 6.42 Å². The van der Waals surface area contributed by atoms with Crippen molar-refractivity contribution in [2.45, 2.75) is 25.4 Å². The van der Waals surface area contributed by atoms with Crippen molar-refractivity contribution in [3.8, 4) is 5.75 Å². The first-order valence-electron chi connectivity index (χ1n) is 6.18. The average molecular weight is 289 g/mol. The summed E-state index contributed by atoms with van der Waals surface area (Å²) in [5.41, 5.74) is 6.37. The van der Waals surface area contributed by atoms with Crippen molar-refractivity contribution in [1.82, 2.24) is 0 Å². The number of methoxy groups -OCH3 is 1. The highest BCUT2D eigenvalue weighted by molar-refractivity contribution is 5.92. The van der Waals surface area contributed by atoms with E-state index in [-0.39, 0.29) is 18.9 Å². The SMILES string of the molecule is COc1ccc(NC(N)=NCCCCC(F)(F)F)cc1. The molecule has 112 valence electrons. The van der Waals surface area contributed by atoms with Crippen LogP contribution in [0.3, 0.4) is 0 Å². The number of rotatable bonds is 6. The number of halogens is 3. The van der Waals surface area contributed by atoms with Crippen LogP contribution in [0.4, 0.5) is 18.9 Å². The summed E-state index contributed by atoms with van der Waals surface area (Å²) in [4.78, 5) is 3.97. The Morgan fingerprint density at radius 1 is 1.25 bits per heavy atom. The van der Waals surface area contributed by atoms with Gasteiger partial charge in [-0.3, -0.25) is 4.99 Å². The summed E-state index contributed by atoms with van der Waals surface area (Å²) in [5.74, 6) is 0.903. The van der Waals surface area contributed by atoms with E-state index in [1.807, 2.05) is 0 Å². The third-order valence-electron chi connectivity index (χ3n) is 2.51. The minimum Gasteiger partial charge on any atom is -0.497 e. The van der Waals surface area contributed by atoms with E-state index in [9.17, 15) is 13.2 Å². The summed E-state index contributed by atoms with van der Waals surface area (Å²) in [6.45, 7) is 0.269. The van der Waals surface area contributed by atoms with Gasteiger partial charge in [-0.05, 0) is 37.1 Å². The standard InChI is InChI=1S/C13H18F3N3O/c1-20-11-6-4-10(5-7-11)19-12(17)18-9-3-2-8-13(14,15)16/h4-7H,2-3,8-9H2,1H3,(H3,17,18,19). The van der Waals surface area contributed by atoms with Crippen molar-refractivity contribution in [1.29, 1.82) is 0 Å². The highest BCUT2D eigenvalue weighted by Crippen LogP contribution is 2.22. The van der Waals surface area contributed by atoms with Gasteiger partial charge in [0.1, 0.15) is 5.75 Å². The zero-order valence-corrected chi connectivity index (χ0v) is 11.2. The van der Waals surface area contributed by atoms with E-state index in [0.717, 1.165) is 11.4 Å². The maximum atomic E-state index is 11.9. The van der Waals surface area contributed by atoms with Crippen molar-refractivity contribution in [3.63, 3.8) is 0 Å². The number of hydrogen-bond acceptors (Lipinski definition) is 2. The number of anilines is 1. The number of alkyl halides is 3. The molecular weight excluding hydrogens is 271 g/mol. The first-order valence-corrected chi connectivity index (χ1v) is 6.18. The lowest BCUT2D eigenvalue weighted by molar-refractivity contribution is -0.135. The lowest BCUT2D eigenvalue weighted by atomic mass is 10.2. The van der Waals surface area contributed by atoms with E-state index in [2.05, 4.69) is 10.3 Å². The predicted octanol–water partition coefficient (Wildman–Crippen LogP) is 3.15. The first-order chi connectivity index (χ1) is 9.40. The molecule has 0 heterocycles. The zero-order chi connectivity index (χ0) is 15.0. The van der Waals surface area contributed by atoms with Gasteiger partial charge in [0.2, 0.25) is 0 Å². The van der Waals surface area contributed by atoms with Gasteiger partial charge >= 0.3 is 6.18 Å². The molecule has 0 saturated heterocycles. The van der Waals surface area contributed by atoms with Crippen LogP contribution in [0.2, 0.25) is 0 Å². The summed E-state index contributed by atoms with van der Waals surface area (Å²) in [6.07, 6.45) is -4.47. The minimum absolute atomic E-state index is 0.0583. The summed E-state index contributed by atoms with van der Waals surface area (Å²) >= 11 is 0. The molecule has 7 heteroatoms. The second-order valence-corrected chi connectivity index (χ2v) is 4.19. The number of aliphatic imine (C=N–C) groups is 1. The molecular formula is C13H18F3N3O. The van der Waals surface area contributed by atoms with Crippen LogP contribution in [0.15, 0.2) is 29.3 Å². The summed E-state index contributed by atoms with van der Waals surface area (Å²) in [7, 11) is 1.57. The van der Waals surface area contributed by atoms with Crippen LogP contribution in [0.1, 0.15) is 19.3 Å². The molecule has 3 N–H and O–H groups in total. The molecule has 0 atom stereocenters. The molecule has 0 saturated carbocycles. The van der Waals surface area contributed by atoms with Gasteiger partial charge in [0, 0.05) is 18.7 Å². The van der Waals surface area contributed by atoms with Crippen LogP contribution in [-0.2, 0) is 0 Å². The number of nitrogens with one attached hydrogen (secondary N) is 1. The van der Waals surface area contributed by atoms with E-state index >= 15 is 0 Å². The number of hydrogen-bond donors (Lipinski definition) is 2. The molecule has 0 fully saturated rings. The van der Waals surface area contributed by atoms with Crippen LogP contribution in [0, 0.1) is 0 Å². The van der Waals surface area contributed by atoms with Gasteiger partial charge in [-0.15, -0.1) is 0 Å². The van der Waals surface area contributed by atoms with Gasteiger partial charge in [0.25, 0.3) is 0 Å². The van der Waals surface area contributed by atoms with Crippen molar-refractivity contribution in [2.75, 3.05) is 19.0 Å². The van der Waals surface area contributed by atoms with E-state index < -0.39 is 12.6 Å². The molecule has 20 heavy (non-hydrogen) atoms. The van der Waals surface area contributed by atoms with Crippen LogP contribution < -0.4 is 15.8 Å². The smallest absolute Gasteiger partial charge is 0.389 e. The fourth-order valence-electron chi connectivity index (χ4n) is 1.50. The third-order valence-corrected chi connectivity index (χ3v) is 2.51. The highest BCUT2D eigenvalue weighted by atomic mass is 19.4. The Balaban J connectivity index is 2.30. The van der Waals surface area contributed by atoms with Gasteiger partial charge in [-0.2, -0.15) is 13.2 Å². The molecule has 0 radical (unpaired) electrons. The molecule has 0 aliphatic rings. The summed E-state index contributed by atoms with van der Waals surface area (Å²) < 4.78 is 40.7. The number of guanidine groups is 1. The Labute approximate surface area is 115 Å². The first kappa shape index (κ1) is 16.1. The molecule has 0 unspecified atom stereocenters. The van der Waals surface area contributed by atoms with Crippen LogP contribution in [0.25, 0.3) is 0 Å². The van der Waals surface area contributed by atoms with Gasteiger partial charge in [-0.25, -0.2) is 0 Å². The lowest BCUT2D eigenvalue weighted by Crippen LogP contribution is -2.22. The molecule has 0 spiro atoms. The summed E-state index contributed by atoms with van der Waals surface area (Å²) in [5, 5.41) is 2.85. The van der Waals surface area contributed by atoms with E-state index in [1.54, 1.807) is 31.4 Å². The van der Waals surface area contributed by atoms with Crippen molar-refractivity contribution in [2.24, 2.45) is 10.7 Å². The number of nitrogens with two attached hydrogens (primary N) is 1. The molecule has 1 aromatic carbocycles. The maximum absolute atomic E-state index is 11.9. The minimum atomic E-state index is -4.10. The average Bonchev–Trinajstić information content (AvgIpc) is 2.38. The summed E-state index contributed by atoms with van der Waals surface area (Å²) in [6, 6.07) is 7.06. The molecule has 4 nitrogen and oxygen atoms in total. The van der Waals surface area contributed by atoms with Gasteiger partial charge in [-0.1, -0.05) is 0 Å². The topological polar surface area (TPSA) is 59.6 Å². The van der Waals surface area contributed by atoms with Crippen molar-refractivity contribution < 1.29 is 17.9 Å². The number of unbranched alkanes of at least 4 members (excludes halogenated alkanes) is 1. The van der Waals surface area contributed by atoms with Crippen LogP contribution in [0.5, 0.6) is 5.75 Å². The molecule has 0 aliphatic heterocycles. The number of nitrogens with zero attached hydrogens (tertiary/aromatic N) is 1. The zero-order valence-electron chi connectivity index (χ0n) is 11.2. The Kier molecular flexibility index (Phi) is 6.14. The van der Waals surface area contributed by atoms with Gasteiger partial charge in [0.05, 0.1) is 7.11 Å². The van der Waals surface area contributed by atoms with Crippen molar-refractivity contribution in [3.05, 3.63) is 24.3 Å². The number of ether oxygens (including phenoxy) is 1. The Morgan fingerprint density at radius 3 is 2.45 bits per heavy atom. The molecule has 0 amide bonds. The molecule has 0 aromatic heterocycles.